The average molecular weight is 275 g/mol. The molecule has 0 aromatic heterocycles. The van der Waals surface area contributed by atoms with E-state index in [1.54, 1.807) is 25.1 Å². The number of anilines is 2. The van der Waals surface area contributed by atoms with Crippen LogP contribution in [0.5, 0.6) is 0 Å². The summed E-state index contributed by atoms with van der Waals surface area (Å²) in [5, 5.41) is 0. The van der Waals surface area contributed by atoms with Gasteiger partial charge in [0.1, 0.15) is 0 Å². The van der Waals surface area contributed by atoms with Crippen molar-refractivity contribution in [1.29, 1.82) is 0 Å². The van der Waals surface area contributed by atoms with Gasteiger partial charge in [0.25, 0.3) is 5.91 Å². The van der Waals surface area contributed by atoms with Gasteiger partial charge >= 0.3 is 0 Å². The van der Waals surface area contributed by atoms with Crippen molar-refractivity contribution in [2.24, 2.45) is 5.92 Å². The number of hydrogen-bond donors (Lipinski definition) is 1. The second kappa shape index (κ2) is 6.16. The number of nitrogen functional groups attached to an aromatic ring is 1. The molecule has 1 aliphatic rings. The second-order valence-electron chi connectivity index (χ2n) is 5.81. The molecule has 0 atom stereocenters. The second-order valence-corrected chi connectivity index (χ2v) is 5.81. The average Bonchev–Trinajstić information content (AvgIpc) is 2.38. The first-order chi connectivity index (χ1) is 9.52. The lowest BCUT2D eigenvalue weighted by atomic mass is 9.85. The molecule has 0 unspecified atom stereocenters. The summed E-state index contributed by atoms with van der Waals surface area (Å²) in [5.74, 6) is 0.800. The summed E-state index contributed by atoms with van der Waals surface area (Å²) in [5.41, 5.74) is 8.56. The molecule has 110 valence electrons. The molecule has 2 N–H and O–H groups in total. The van der Waals surface area contributed by atoms with E-state index in [4.69, 9.17) is 5.73 Å². The van der Waals surface area contributed by atoms with Gasteiger partial charge in [0, 0.05) is 32.7 Å². The van der Waals surface area contributed by atoms with E-state index in [1.165, 1.54) is 19.3 Å². The maximum atomic E-state index is 12.1. The lowest BCUT2D eigenvalue weighted by Crippen LogP contribution is -2.33. The number of rotatable bonds is 5. The molecule has 1 aliphatic carbocycles. The van der Waals surface area contributed by atoms with E-state index in [0.29, 0.717) is 5.56 Å². The fourth-order valence-electron chi connectivity index (χ4n) is 2.59. The standard InChI is InChI=1S/C16H25N3O/c1-4-19(11-12-6-5-7-12)15-10-13(8-9-14(15)17)16(20)18(2)3/h8-10,12H,4-7,11,17H2,1-3H3. The molecule has 4 nitrogen and oxygen atoms in total. The first-order valence-corrected chi connectivity index (χ1v) is 7.39. The molecule has 0 radical (unpaired) electrons. The number of carbonyl (C=O) groups is 1. The molecule has 0 spiro atoms. The molecule has 0 heterocycles. The minimum Gasteiger partial charge on any atom is -0.397 e. The lowest BCUT2D eigenvalue weighted by molar-refractivity contribution is 0.0827. The van der Waals surface area contributed by atoms with E-state index in [1.807, 2.05) is 12.1 Å². The van der Waals surface area contributed by atoms with E-state index < -0.39 is 0 Å². The van der Waals surface area contributed by atoms with Gasteiger partial charge in [-0.1, -0.05) is 6.42 Å². The molecule has 0 aliphatic heterocycles. The van der Waals surface area contributed by atoms with Crippen molar-refractivity contribution in [2.45, 2.75) is 26.2 Å². The van der Waals surface area contributed by atoms with Crippen molar-refractivity contribution in [3.63, 3.8) is 0 Å². The number of amides is 1. The van der Waals surface area contributed by atoms with Crippen molar-refractivity contribution < 1.29 is 4.79 Å². The lowest BCUT2D eigenvalue weighted by Gasteiger charge is -2.34. The molecule has 20 heavy (non-hydrogen) atoms. The third-order valence-electron chi connectivity index (χ3n) is 4.11. The summed E-state index contributed by atoms with van der Waals surface area (Å²) in [6, 6.07) is 5.58. The van der Waals surface area contributed by atoms with Crippen molar-refractivity contribution >= 4 is 17.3 Å². The van der Waals surface area contributed by atoms with Crippen LogP contribution in [0.1, 0.15) is 36.5 Å². The number of hydrogen-bond acceptors (Lipinski definition) is 3. The van der Waals surface area contributed by atoms with Crippen LogP contribution in [0.2, 0.25) is 0 Å². The quantitative estimate of drug-likeness (QED) is 0.840. The number of nitrogens with zero attached hydrogens (tertiary/aromatic N) is 2. The van der Waals surface area contributed by atoms with E-state index in [2.05, 4.69) is 11.8 Å². The fraction of sp³-hybridized carbons (Fsp3) is 0.562. The van der Waals surface area contributed by atoms with Crippen LogP contribution in [0.4, 0.5) is 11.4 Å². The number of nitrogens with two attached hydrogens (primary N) is 1. The van der Waals surface area contributed by atoms with Crippen LogP contribution >= 0.6 is 0 Å². The zero-order valence-electron chi connectivity index (χ0n) is 12.7. The van der Waals surface area contributed by atoms with E-state index >= 15 is 0 Å². The normalized spacial score (nSPS) is 14.8. The number of carbonyl (C=O) groups excluding carboxylic acids is 1. The molecule has 1 saturated carbocycles. The molecule has 1 fully saturated rings. The van der Waals surface area contributed by atoms with E-state index in [9.17, 15) is 4.79 Å². The Bertz CT molecular complexity index is 481. The molecule has 1 aromatic rings. The predicted molar refractivity (Wildman–Crippen MR) is 84.1 cm³/mol. The SMILES string of the molecule is CCN(CC1CCC1)c1cc(C(=O)N(C)C)ccc1N. The molecule has 1 amide bonds. The van der Waals surface area contributed by atoms with Crippen LogP contribution in [0.25, 0.3) is 0 Å². The van der Waals surface area contributed by atoms with Gasteiger partial charge in [0.15, 0.2) is 0 Å². The summed E-state index contributed by atoms with van der Waals surface area (Å²) in [6.07, 6.45) is 3.97. The zero-order valence-corrected chi connectivity index (χ0v) is 12.7. The Kier molecular flexibility index (Phi) is 4.53. The van der Waals surface area contributed by atoms with Crippen LogP contribution < -0.4 is 10.6 Å². The Labute approximate surface area is 121 Å². The molecular weight excluding hydrogens is 250 g/mol. The summed E-state index contributed by atoms with van der Waals surface area (Å²) >= 11 is 0. The van der Waals surface area contributed by atoms with Gasteiger partial charge in [-0.05, 0) is 43.9 Å². The summed E-state index contributed by atoms with van der Waals surface area (Å²) in [6.45, 7) is 4.10. The predicted octanol–water partition coefficient (Wildman–Crippen LogP) is 2.60. The first-order valence-electron chi connectivity index (χ1n) is 7.39. The molecule has 4 heteroatoms. The highest BCUT2D eigenvalue weighted by Crippen LogP contribution is 2.31. The van der Waals surface area contributed by atoms with Gasteiger partial charge in [0.05, 0.1) is 11.4 Å². The minimum atomic E-state index is 0.0194. The highest BCUT2D eigenvalue weighted by atomic mass is 16.2. The fourth-order valence-corrected chi connectivity index (χ4v) is 2.59. The first kappa shape index (κ1) is 14.7. The molecule has 1 aromatic carbocycles. The molecule has 0 saturated heterocycles. The van der Waals surface area contributed by atoms with E-state index in [-0.39, 0.29) is 5.91 Å². The third-order valence-corrected chi connectivity index (χ3v) is 4.11. The van der Waals surface area contributed by atoms with Gasteiger partial charge in [-0.25, -0.2) is 0 Å². The number of benzene rings is 1. The van der Waals surface area contributed by atoms with Crippen LogP contribution in [-0.4, -0.2) is 38.0 Å². The van der Waals surface area contributed by atoms with Crippen LogP contribution in [-0.2, 0) is 0 Å². The summed E-state index contributed by atoms with van der Waals surface area (Å²) in [4.78, 5) is 16.0. The van der Waals surface area contributed by atoms with Gasteiger partial charge in [0.2, 0.25) is 0 Å². The van der Waals surface area contributed by atoms with Crippen molar-refractivity contribution in [3.05, 3.63) is 23.8 Å². The van der Waals surface area contributed by atoms with Gasteiger partial charge in [-0.2, -0.15) is 0 Å². The van der Waals surface area contributed by atoms with Gasteiger partial charge in [-0.15, -0.1) is 0 Å². The van der Waals surface area contributed by atoms with Gasteiger partial charge in [-0.3, -0.25) is 4.79 Å². The van der Waals surface area contributed by atoms with Gasteiger partial charge < -0.3 is 15.5 Å². The van der Waals surface area contributed by atoms with E-state index in [0.717, 1.165) is 30.4 Å². The summed E-state index contributed by atoms with van der Waals surface area (Å²) < 4.78 is 0. The zero-order chi connectivity index (χ0) is 14.7. The Morgan fingerprint density at radius 2 is 2.05 bits per heavy atom. The van der Waals surface area contributed by atoms with Crippen molar-refractivity contribution in [3.8, 4) is 0 Å². The third kappa shape index (κ3) is 3.06. The van der Waals surface area contributed by atoms with Crippen LogP contribution in [0.3, 0.4) is 0 Å². The Morgan fingerprint density at radius 3 is 2.55 bits per heavy atom. The monoisotopic (exact) mass is 275 g/mol. The Balaban J connectivity index is 2.23. The largest absolute Gasteiger partial charge is 0.397 e. The van der Waals surface area contributed by atoms with Crippen molar-refractivity contribution in [1.82, 2.24) is 4.90 Å². The van der Waals surface area contributed by atoms with Crippen molar-refractivity contribution in [2.75, 3.05) is 37.8 Å². The minimum absolute atomic E-state index is 0.0194. The Hall–Kier alpha value is -1.71. The topological polar surface area (TPSA) is 49.6 Å². The molecule has 2 rings (SSSR count). The molecule has 0 bridgehead atoms. The van der Waals surface area contributed by atoms with Crippen LogP contribution in [0.15, 0.2) is 18.2 Å². The Morgan fingerprint density at radius 1 is 1.35 bits per heavy atom. The maximum Gasteiger partial charge on any atom is 0.253 e. The maximum absolute atomic E-state index is 12.1. The summed E-state index contributed by atoms with van der Waals surface area (Å²) in [7, 11) is 3.54. The highest BCUT2D eigenvalue weighted by molar-refractivity contribution is 5.96. The van der Waals surface area contributed by atoms with Crippen LogP contribution in [0, 0.1) is 5.92 Å². The highest BCUT2D eigenvalue weighted by Gasteiger charge is 2.22. The smallest absolute Gasteiger partial charge is 0.253 e. The molecular formula is C16H25N3O.